The van der Waals surface area contributed by atoms with Crippen LogP contribution in [0, 0.1) is 23.2 Å². The zero-order valence-electron chi connectivity index (χ0n) is 18.9. The van der Waals surface area contributed by atoms with Crippen LogP contribution in [-0.2, 0) is 4.79 Å². The van der Waals surface area contributed by atoms with E-state index in [9.17, 15) is 4.79 Å². The van der Waals surface area contributed by atoms with Crippen molar-refractivity contribution in [1.29, 1.82) is 0 Å². The van der Waals surface area contributed by atoms with E-state index in [-0.39, 0.29) is 17.5 Å². The minimum Gasteiger partial charge on any atom is -0.340 e. The third-order valence-electron chi connectivity index (χ3n) is 8.50. The molecule has 3 rings (SSSR count). The lowest BCUT2D eigenvalue weighted by atomic mass is 9.68. The molecule has 0 bridgehead atoms. The van der Waals surface area contributed by atoms with Gasteiger partial charge in [-0.2, -0.15) is 0 Å². The maximum Gasteiger partial charge on any atom is 0.224 e. The monoisotopic (exact) mass is 390 g/mol. The SMILES string of the molecule is CCCC1(CC)CCC(C)NC1NC(=O)C(C1CCCCC1)C1CCCCC1. The second-order valence-corrected chi connectivity index (χ2v) is 10.3. The van der Waals surface area contributed by atoms with Gasteiger partial charge in [0.2, 0.25) is 5.91 Å². The van der Waals surface area contributed by atoms with Crippen molar-refractivity contribution in [2.45, 2.75) is 129 Å². The molecule has 1 heterocycles. The fourth-order valence-electron chi connectivity index (χ4n) is 6.75. The summed E-state index contributed by atoms with van der Waals surface area (Å²) in [5.74, 6) is 1.90. The molecule has 0 radical (unpaired) electrons. The summed E-state index contributed by atoms with van der Waals surface area (Å²) in [6.07, 6.45) is 19.3. The van der Waals surface area contributed by atoms with Crippen LogP contribution in [0.2, 0.25) is 0 Å². The van der Waals surface area contributed by atoms with Crippen LogP contribution < -0.4 is 10.6 Å². The van der Waals surface area contributed by atoms with Crippen molar-refractivity contribution < 1.29 is 4.79 Å². The molecule has 1 amide bonds. The van der Waals surface area contributed by atoms with Gasteiger partial charge in [-0.3, -0.25) is 10.1 Å². The molecule has 3 atom stereocenters. The molecule has 1 saturated heterocycles. The van der Waals surface area contributed by atoms with Gasteiger partial charge in [0.1, 0.15) is 0 Å². The molecular formula is C25H46N2O. The van der Waals surface area contributed by atoms with E-state index in [1.165, 1.54) is 89.9 Å². The zero-order valence-corrected chi connectivity index (χ0v) is 18.9. The standard InChI is InChI=1S/C25H46N2O/c1-4-17-25(5-2)18-16-19(3)26-24(25)27-23(28)22(20-12-8-6-9-13-20)21-14-10-7-11-15-21/h19-22,24,26H,4-18H2,1-3H3,(H,27,28). The molecule has 3 unspecified atom stereocenters. The molecule has 0 spiro atoms. The minimum atomic E-state index is 0.156. The van der Waals surface area contributed by atoms with E-state index in [2.05, 4.69) is 31.4 Å². The van der Waals surface area contributed by atoms with Crippen molar-refractivity contribution in [2.75, 3.05) is 0 Å². The Hall–Kier alpha value is -0.570. The van der Waals surface area contributed by atoms with Crippen molar-refractivity contribution in [3.63, 3.8) is 0 Å². The van der Waals surface area contributed by atoms with Gasteiger partial charge >= 0.3 is 0 Å². The van der Waals surface area contributed by atoms with Gasteiger partial charge in [-0.05, 0) is 70.1 Å². The van der Waals surface area contributed by atoms with Gasteiger partial charge in [-0.15, -0.1) is 0 Å². The second-order valence-electron chi connectivity index (χ2n) is 10.3. The van der Waals surface area contributed by atoms with Crippen LogP contribution in [0.15, 0.2) is 0 Å². The van der Waals surface area contributed by atoms with E-state index in [1.807, 2.05) is 0 Å². The predicted octanol–water partition coefficient (Wildman–Crippen LogP) is 6.17. The average Bonchev–Trinajstić information content (AvgIpc) is 2.72. The number of amides is 1. The molecule has 162 valence electrons. The summed E-state index contributed by atoms with van der Waals surface area (Å²) in [7, 11) is 0. The summed E-state index contributed by atoms with van der Waals surface area (Å²) in [4.78, 5) is 13.8. The van der Waals surface area contributed by atoms with Crippen LogP contribution >= 0.6 is 0 Å². The smallest absolute Gasteiger partial charge is 0.224 e. The number of nitrogens with one attached hydrogen (secondary N) is 2. The zero-order chi connectivity index (χ0) is 20.0. The molecule has 3 nitrogen and oxygen atoms in total. The summed E-state index contributed by atoms with van der Waals surface area (Å²) < 4.78 is 0. The first kappa shape index (κ1) is 22.1. The van der Waals surface area contributed by atoms with Crippen molar-refractivity contribution in [3.8, 4) is 0 Å². The largest absolute Gasteiger partial charge is 0.340 e. The van der Waals surface area contributed by atoms with Gasteiger partial charge in [0.15, 0.2) is 0 Å². The number of rotatable bonds is 7. The number of piperidine rings is 1. The Morgan fingerprint density at radius 2 is 1.54 bits per heavy atom. The molecule has 3 fully saturated rings. The number of hydrogen-bond donors (Lipinski definition) is 2. The Bertz CT molecular complexity index is 463. The summed E-state index contributed by atoms with van der Waals surface area (Å²) in [5.41, 5.74) is 0.237. The third kappa shape index (κ3) is 5.12. The van der Waals surface area contributed by atoms with Crippen LogP contribution in [0.25, 0.3) is 0 Å². The highest BCUT2D eigenvalue weighted by molar-refractivity contribution is 5.79. The summed E-state index contributed by atoms with van der Waals surface area (Å²) in [6, 6.07) is 0.504. The number of hydrogen-bond acceptors (Lipinski definition) is 2. The van der Waals surface area contributed by atoms with Gasteiger partial charge < -0.3 is 5.32 Å². The summed E-state index contributed by atoms with van der Waals surface area (Å²) in [6.45, 7) is 6.90. The molecule has 0 aromatic carbocycles. The van der Waals surface area contributed by atoms with Crippen molar-refractivity contribution in [3.05, 3.63) is 0 Å². The van der Waals surface area contributed by atoms with Gasteiger partial charge in [-0.1, -0.05) is 58.8 Å². The normalized spacial score (nSPS) is 33.1. The van der Waals surface area contributed by atoms with Crippen LogP contribution in [0.4, 0.5) is 0 Å². The Morgan fingerprint density at radius 1 is 0.964 bits per heavy atom. The molecule has 3 heteroatoms. The molecule has 1 aliphatic heterocycles. The first-order valence-electron chi connectivity index (χ1n) is 12.7. The first-order valence-corrected chi connectivity index (χ1v) is 12.7. The average molecular weight is 391 g/mol. The fourth-order valence-corrected chi connectivity index (χ4v) is 6.75. The summed E-state index contributed by atoms with van der Waals surface area (Å²) in [5, 5.41) is 7.42. The first-order chi connectivity index (χ1) is 13.6. The quantitative estimate of drug-likeness (QED) is 0.545. The molecule has 2 saturated carbocycles. The van der Waals surface area contributed by atoms with Gasteiger partial charge in [0.25, 0.3) is 0 Å². The maximum atomic E-state index is 13.8. The molecule has 2 N–H and O–H groups in total. The van der Waals surface area contributed by atoms with Gasteiger partial charge in [-0.25, -0.2) is 0 Å². The van der Waals surface area contributed by atoms with E-state index >= 15 is 0 Å². The number of carbonyl (C=O) groups is 1. The van der Waals surface area contributed by atoms with Crippen molar-refractivity contribution in [2.24, 2.45) is 23.2 Å². The molecule has 0 aromatic heterocycles. The van der Waals surface area contributed by atoms with Crippen LogP contribution in [-0.4, -0.2) is 18.1 Å². The third-order valence-corrected chi connectivity index (χ3v) is 8.50. The molecule has 0 aromatic rings. The minimum absolute atomic E-state index is 0.156. The van der Waals surface area contributed by atoms with E-state index in [1.54, 1.807) is 0 Å². The Morgan fingerprint density at radius 3 is 2.04 bits per heavy atom. The topological polar surface area (TPSA) is 41.1 Å². The Balaban J connectivity index is 1.76. The fraction of sp³-hybridized carbons (Fsp3) is 0.960. The van der Waals surface area contributed by atoms with E-state index in [0.29, 0.717) is 23.8 Å². The van der Waals surface area contributed by atoms with Gasteiger partial charge in [0, 0.05) is 17.4 Å². The predicted molar refractivity (Wildman–Crippen MR) is 118 cm³/mol. The van der Waals surface area contributed by atoms with Crippen LogP contribution in [0.5, 0.6) is 0 Å². The highest BCUT2D eigenvalue weighted by atomic mass is 16.2. The summed E-state index contributed by atoms with van der Waals surface area (Å²) >= 11 is 0. The number of carbonyl (C=O) groups excluding carboxylic acids is 1. The molecule has 28 heavy (non-hydrogen) atoms. The maximum absolute atomic E-state index is 13.8. The molecule has 2 aliphatic carbocycles. The van der Waals surface area contributed by atoms with Crippen molar-refractivity contribution in [1.82, 2.24) is 10.6 Å². The lowest BCUT2D eigenvalue weighted by Crippen LogP contribution is -2.62. The molecule has 3 aliphatic rings. The van der Waals surface area contributed by atoms with Crippen molar-refractivity contribution >= 4 is 5.91 Å². The van der Waals surface area contributed by atoms with Gasteiger partial charge in [0.05, 0.1) is 6.17 Å². The lowest BCUT2D eigenvalue weighted by molar-refractivity contribution is -0.133. The van der Waals surface area contributed by atoms with Crippen LogP contribution in [0.3, 0.4) is 0 Å². The highest BCUT2D eigenvalue weighted by Gasteiger charge is 2.44. The highest BCUT2D eigenvalue weighted by Crippen LogP contribution is 2.42. The van der Waals surface area contributed by atoms with E-state index in [4.69, 9.17) is 0 Å². The Kier molecular flexibility index (Phi) is 8.26. The van der Waals surface area contributed by atoms with E-state index in [0.717, 1.165) is 6.42 Å². The molecular weight excluding hydrogens is 344 g/mol. The second kappa shape index (κ2) is 10.5. The van der Waals surface area contributed by atoms with E-state index < -0.39 is 0 Å². The lowest BCUT2D eigenvalue weighted by Gasteiger charge is -2.48. The Labute approximate surface area is 174 Å². The van der Waals surface area contributed by atoms with Crippen LogP contribution in [0.1, 0.15) is 117 Å².